The third-order valence-corrected chi connectivity index (χ3v) is 1.90. The van der Waals surface area contributed by atoms with Crippen LogP contribution in [0.2, 0.25) is 0 Å². The van der Waals surface area contributed by atoms with Gasteiger partial charge in [0.25, 0.3) is 0 Å². The van der Waals surface area contributed by atoms with Gasteiger partial charge < -0.3 is 5.73 Å². The summed E-state index contributed by atoms with van der Waals surface area (Å²) in [7, 11) is 0. The van der Waals surface area contributed by atoms with Crippen molar-refractivity contribution in [1.82, 2.24) is 4.98 Å². The van der Waals surface area contributed by atoms with Gasteiger partial charge in [0.15, 0.2) is 0 Å². The van der Waals surface area contributed by atoms with Crippen molar-refractivity contribution in [2.45, 2.75) is 5.03 Å². The maximum absolute atomic E-state index is 7.15. The third-order valence-electron chi connectivity index (χ3n) is 1.25. The predicted molar refractivity (Wildman–Crippen MR) is 47.0 cm³/mol. The minimum absolute atomic E-state index is 0.0858. The van der Waals surface area contributed by atoms with Crippen LogP contribution in [-0.2, 0) is 0 Å². The van der Waals surface area contributed by atoms with Crippen molar-refractivity contribution >= 4 is 17.6 Å². The molecule has 0 aliphatic rings. The van der Waals surface area contributed by atoms with Crippen LogP contribution in [0.5, 0.6) is 0 Å². The Labute approximate surface area is 69.5 Å². The lowest BCUT2D eigenvalue weighted by atomic mass is 10.2. The molecule has 3 nitrogen and oxygen atoms in total. The Morgan fingerprint density at radius 1 is 1.73 bits per heavy atom. The van der Waals surface area contributed by atoms with Crippen LogP contribution in [0.3, 0.4) is 0 Å². The molecule has 0 saturated heterocycles. The monoisotopic (exact) mass is 167 g/mol. The van der Waals surface area contributed by atoms with Crippen molar-refractivity contribution in [3.63, 3.8) is 0 Å². The van der Waals surface area contributed by atoms with E-state index in [1.54, 1.807) is 18.3 Å². The molecule has 0 aliphatic heterocycles. The SMILES string of the molecule is CSc1cc(C(=N)N)ccn1. The Morgan fingerprint density at radius 3 is 3.00 bits per heavy atom. The summed E-state index contributed by atoms with van der Waals surface area (Å²) in [6.07, 6.45) is 3.59. The van der Waals surface area contributed by atoms with Gasteiger partial charge in [0.2, 0.25) is 0 Å². The average molecular weight is 167 g/mol. The zero-order valence-electron chi connectivity index (χ0n) is 6.16. The second kappa shape index (κ2) is 3.39. The van der Waals surface area contributed by atoms with Crippen molar-refractivity contribution in [1.29, 1.82) is 5.41 Å². The van der Waals surface area contributed by atoms with Crippen molar-refractivity contribution in [2.24, 2.45) is 5.73 Å². The summed E-state index contributed by atoms with van der Waals surface area (Å²) in [6.45, 7) is 0. The molecular formula is C7H9N3S. The fraction of sp³-hybridized carbons (Fsp3) is 0.143. The summed E-state index contributed by atoms with van der Waals surface area (Å²) >= 11 is 1.54. The predicted octanol–water partition coefficient (Wildman–Crippen LogP) is 1.09. The van der Waals surface area contributed by atoms with E-state index in [4.69, 9.17) is 11.1 Å². The molecule has 0 atom stereocenters. The second-order valence-corrected chi connectivity index (χ2v) is 2.83. The number of pyridine rings is 1. The van der Waals surface area contributed by atoms with E-state index in [0.29, 0.717) is 0 Å². The van der Waals surface area contributed by atoms with Crippen molar-refractivity contribution in [3.05, 3.63) is 23.9 Å². The molecule has 0 spiro atoms. The molecule has 1 rings (SSSR count). The largest absolute Gasteiger partial charge is 0.384 e. The van der Waals surface area contributed by atoms with E-state index >= 15 is 0 Å². The van der Waals surface area contributed by atoms with E-state index in [2.05, 4.69) is 4.98 Å². The molecule has 1 heterocycles. The van der Waals surface area contributed by atoms with Gasteiger partial charge in [-0.1, -0.05) is 0 Å². The Hall–Kier alpha value is -1.03. The van der Waals surface area contributed by atoms with Crippen LogP contribution in [0.25, 0.3) is 0 Å². The Balaban J connectivity index is 3.01. The topological polar surface area (TPSA) is 62.8 Å². The first kappa shape index (κ1) is 8.07. The lowest BCUT2D eigenvalue weighted by molar-refractivity contribution is 1.13. The van der Waals surface area contributed by atoms with Gasteiger partial charge in [0, 0.05) is 11.8 Å². The van der Waals surface area contributed by atoms with Crippen molar-refractivity contribution < 1.29 is 0 Å². The summed E-state index contributed by atoms with van der Waals surface area (Å²) in [5, 5.41) is 8.03. The molecule has 1 aromatic rings. The molecule has 58 valence electrons. The van der Waals surface area contributed by atoms with E-state index in [-0.39, 0.29) is 5.84 Å². The molecule has 0 radical (unpaired) electrons. The summed E-state index contributed by atoms with van der Waals surface area (Å²) in [6, 6.07) is 3.52. The fourth-order valence-corrected chi connectivity index (χ4v) is 1.10. The van der Waals surface area contributed by atoms with Gasteiger partial charge in [-0.05, 0) is 18.4 Å². The zero-order valence-corrected chi connectivity index (χ0v) is 6.98. The van der Waals surface area contributed by atoms with E-state index in [1.807, 2.05) is 6.26 Å². The molecule has 0 amide bonds. The van der Waals surface area contributed by atoms with E-state index in [0.717, 1.165) is 10.6 Å². The number of amidine groups is 1. The van der Waals surface area contributed by atoms with Gasteiger partial charge in [0.1, 0.15) is 5.84 Å². The van der Waals surface area contributed by atoms with Crippen molar-refractivity contribution in [2.75, 3.05) is 6.26 Å². The lowest BCUT2D eigenvalue weighted by Crippen LogP contribution is -2.10. The quantitative estimate of drug-likeness (QED) is 0.393. The molecule has 0 fully saturated rings. The van der Waals surface area contributed by atoms with Crippen LogP contribution in [-0.4, -0.2) is 17.1 Å². The number of nitrogen functional groups attached to an aromatic ring is 1. The number of hydrogen-bond acceptors (Lipinski definition) is 3. The number of nitrogens with one attached hydrogen (secondary N) is 1. The lowest BCUT2D eigenvalue weighted by Gasteiger charge is -1.98. The normalized spacial score (nSPS) is 9.55. The van der Waals surface area contributed by atoms with Gasteiger partial charge in [-0.3, -0.25) is 5.41 Å². The van der Waals surface area contributed by atoms with Gasteiger partial charge in [-0.2, -0.15) is 0 Å². The molecule has 4 heteroatoms. The number of aromatic nitrogens is 1. The number of nitrogens with two attached hydrogens (primary N) is 1. The molecule has 1 aromatic heterocycles. The van der Waals surface area contributed by atoms with Crippen LogP contribution >= 0.6 is 11.8 Å². The number of rotatable bonds is 2. The first-order chi connectivity index (χ1) is 5.24. The Morgan fingerprint density at radius 2 is 2.45 bits per heavy atom. The summed E-state index contributed by atoms with van der Waals surface area (Å²) in [5.41, 5.74) is 6.01. The van der Waals surface area contributed by atoms with Gasteiger partial charge >= 0.3 is 0 Å². The highest BCUT2D eigenvalue weighted by molar-refractivity contribution is 7.98. The maximum atomic E-state index is 7.15. The van der Waals surface area contributed by atoms with Crippen molar-refractivity contribution in [3.8, 4) is 0 Å². The molecular weight excluding hydrogens is 158 g/mol. The smallest absolute Gasteiger partial charge is 0.122 e. The van der Waals surface area contributed by atoms with E-state index < -0.39 is 0 Å². The molecule has 3 N–H and O–H groups in total. The number of thioether (sulfide) groups is 1. The molecule has 0 aromatic carbocycles. The van der Waals surface area contributed by atoms with Crippen LogP contribution in [0.15, 0.2) is 23.4 Å². The van der Waals surface area contributed by atoms with Gasteiger partial charge in [0.05, 0.1) is 5.03 Å². The fourth-order valence-electron chi connectivity index (χ4n) is 0.689. The third kappa shape index (κ3) is 1.94. The first-order valence-electron chi connectivity index (χ1n) is 3.08. The second-order valence-electron chi connectivity index (χ2n) is 2.00. The van der Waals surface area contributed by atoms with Crippen LogP contribution < -0.4 is 5.73 Å². The highest BCUT2D eigenvalue weighted by atomic mass is 32.2. The number of hydrogen-bond donors (Lipinski definition) is 2. The van der Waals surface area contributed by atoms with Crippen LogP contribution in [0.1, 0.15) is 5.56 Å². The minimum Gasteiger partial charge on any atom is -0.384 e. The highest BCUT2D eigenvalue weighted by Gasteiger charge is 1.96. The highest BCUT2D eigenvalue weighted by Crippen LogP contribution is 2.11. The van der Waals surface area contributed by atoms with E-state index in [9.17, 15) is 0 Å². The van der Waals surface area contributed by atoms with E-state index in [1.165, 1.54) is 11.8 Å². The number of nitrogens with zero attached hydrogens (tertiary/aromatic N) is 1. The molecule has 0 unspecified atom stereocenters. The Kier molecular flexibility index (Phi) is 2.48. The standard InChI is InChI=1S/C7H9N3S/c1-11-6-4-5(7(8)9)2-3-10-6/h2-4H,1H3,(H3,8,9). The summed E-state index contributed by atoms with van der Waals surface area (Å²) in [5.74, 6) is 0.0858. The molecule has 0 aliphatic carbocycles. The Bertz CT molecular complexity index is 272. The molecule has 0 bridgehead atoms. The summed E-state index contributed by atoms with van der Waals surface area (Å²) < 4.78 is 0. The zero-order chi connectivity index (χ0) is 8.27. The minimum atomic E-state index is 0.0858. The van der Waals surface area contributed by atoms with Gasteiger partial charge in [-0.15, -0.1) is 11.8 Å². The van der Waals surface area contributed by atoms with Gasteiger partial charge in [-0.25, -0.2) is 4.98 Å². The maximum Gasteiger partial charge on any atom is 0.122 e. The first-order valence-corrected chi connectivity index (χ1v) is 4.31. The summed E-state index contributed by atoms with van der Waals surface area (Å²) in [4.78, 5) is 4.05. The van der Waals surface area contributed by atoms with Crippen LogP contribution in [0, 0.1) is 5.41 Å². The molecule has 0 saturated carbocycles. The average Bonchev–Trinajstić information content (AvgIpc) is 2.05. The van der Waals surface area contributed by atoms with Crippen LogP contribution in [0.4, 0.5) is 0 Å². The molecule has 11 heavy (non-hydrogen) atoms.